The lowest BCUT2D eigenvalue weighted by atomic mass is 10.3. The molecular weight excluding hydrogens is 182 g/mol. The van der Waals surface area contributed by atoms with Gasteiger partial charge in [-0.1, -0.05) is 6.08 Å². The van der Waals surface area contributed by atoms with E-state index in [1.165, 1.54) is 11.3 Å². The van der Waals surface area contributed by atoms with E-state index in [1.807, 2.05) is 19.2 Å². The Hall–Kier alpha value is -0.930. The Morgan fingerprint density at radius 3 is 2.85 bits per heavy atom. The quantitative estimate of drug-likeness (QED) is 0.576. The van der Waals surface area contributed by atoms with Gasteiger partial charge in [0.1, 0.15) is 0 Å². The maximum Gasteiger partial charge on any atom is 0.160 e. The monoisotopic (exact) mass is 195 g/mol. The molecule has 0 atom stereocenters. The van der Waals surface area contributed by atoms with Gasteiger partial charge in [0, 0.05) is 4.88 Å². The molecule has 1 rings (SSSR count). The molecule has 0 aliphatic heterocycles. The van der Waals surface area contributed by atoms with Crippen molar-refractivity contribution in [2.45, 2.75) is 6.42 Å². The second kappa shape index (κ2) is 5.67. The van der Waals surface area contributed by atoms with Crippen LogP contribution in [0.2, 0.25) is 0 Å². The molecule has 0 aliphatic carbocycles. The van der Waals surface area contributed by atoms with Gasteiger partial charge in [0.25, 0.3) is 0 Å². The number of aldehydes is 1. The zero-order chi connectivity index (χ0) is 9.52. The van der Waals surface area contributed by atoms with E-state index < -0.39 is 0 Å². The first-order valence-electron chi connectivity index (χ1n) is 4.23. The third-order valence-electron chi connectivity index (χ3n) is 1.61. The van der Waals surface area contributed by atoms with Crippen molar-refractivity contribution in [3.63, 3.8) is 0 Å². The summed E-state index contributed by atoms with van der Waals surface area (Å²) in [6, 6.07) is 3.81. The predicted molar refractivity (Wildman–Crippen MR) is 57.3 cm³/mol. The Bertz CT molecular complexity index is 291. The van der Waals surface area contributed by atoms with Crippen molar-refractivity contribution in [1.29, 1.82) is 0 Å². The lowest BCUT2D eigenvalue weighted by Gasteiger charge is -1.89. The molecule has 0 unspecified atom stereocenters. The van der Waals surface area contributed by atoms with Crippen molar-refractivity contribution in [2.24, 2.45) is 0 Å². The molecule has 0 aliphatic rings. The summed E-state index contributed by atoms with van der Waals surface area (Å²) in [6.07, 6.45) is 6.06. The molecule has 2 nitrogen and oxygen atoms in total. The number of carbonyl (C=O) groups is 1. The molecule has 1 N–H and O–H groups in total. The lowest BCUT2D eigenvalue weighted by molar-refractivity contribution is 0.112. The van der Waals surface area contributed by atoms with Gasteiger partial charge < -0.3 is 5.32 Å². The summed E-state index contributed by atoms with van der Waals surface area (Å²) in [6.45, 7) is 0.989. The van der Waals surface area contributed by atoms with Crippen molar-refractivity contribution < 1.29 is 4.79 Å². The minimum atomic E-state index is 0.785. The van der Waals surface area contributed by atoms with Crippen molar-refractivity contribution in [1.82, 2.24) is 5.32 Å². The number of rotatable bonds is 5. The molecule has 0 spiro atoms. The van der Waals surface area contributed by atoms with E-state index in [0.717, 1.165) is 29.0 Å². The highest BCUT2D eigenvalue weighted by atomic mass is 32.1. The summed E-state index contributed by atoms with van der Waals surface area (Å²) in [4.78, 5) is 12.3. The Kier molecular flexibility index (Phi) is 4.43. The summed E-state index contributed by atoms with van der Waals surface area (Å²) in [5, 5.41) is 3.07. The van der Waals surface area contributed by atoms with Gasteiger partial charge in [-0.15, -0.1) is 11.3 Å². The second-order valence-electron chi connectivity index (χ2n) is 2.65. The average molecular weight is 195 g/mol. The molecule has 1 aromatic heterocycles. The summed E-state index contributed by atoms with van der Waals surface area (Å²) >= 11 is 1.52. The molecule has 0 amide bonds. The molecule has 0 fully saturated rings. The number of nitrogens with one attached hydrogen (secondary N) is 1. The lowest BCUT2D eigenvalue weighted by Crippen LogP contribution is -2.05. The topological polar surface area (TPSA) is 29.1 Å². The van der Waals surface area contributed by atoms with Crippen LogP contribution in [0.5, 0.6) is 0 Å². The van der Waals surface area contributed by atoms with Gasteiger partial charge >= 0.3 is 0 Å². The van der Waals surface area contributed by atoms with Crippen LogP contribution >= 0.6 is 11.3 Å². The van der Waals surface area contributed by atoms with E-state index in [0.29, 0.717) is 0 Å². The first-order valence-corrected chi connectivity index (χ1v) is 5.04. The Morgan fingerprint density at radius 2 is 2.23 bits per heavy atom. The highest BCUT2D eigenvalue weighted by molar-refractivity contribution is 7.14. The van der Waals surface area contributed by atoms with Crippen LogP contribution in [-0.2, 0) is 0 Å². The highest BCUT2D eigenvalue weighted by Gasteiger charge is 1.93. The summed E-state index contributed by atoms with van der Waals surface area (Å²) < 4.78 is 0. The van der Waals surface area contributed by atoms with Gasteiger partial charge in [-0.2, -0.15) is 0 Å². The predicted octanol–water partition coefficient (Wildman–Crippen LogP) is 2.18. The van der Waals surface area contributed by atoms with Crippen molar-refractivity contribution in [3.8, 4) is 0 Å². The maximum absolute atomic E-state index is 10.4. The first kappa shape index (κ1) is 10.2. The number of hydrogen-bond donors (Lipinski definition) is 1. The van der Waals surface area contributed by atoms with E-state index in [4.69, 9.17) is 0 Å². The minimum absolute atomic E-state index is 0.785. The van der Waals surface area contributed by atoms with Crippen LogP contribution in [0, 0.1) is 0 Å². The molecule has 13 heavy (non-hydrogen) atoms. The van der Waals surface area contributed by atoms with E-state index in [9.17, 15) is 4.79 Å². The molecular formula is C10H13NOS. The fourth-order valence-electron chi connectivity index (χ4n) is 0.948. The van der Waals surface area contributed by atoms with Crippen LogP contribution in [0.1, 0.15) is 21.0 Å². The van der Waals surface area contributed by atoms with Gasteiger partial charge in [0.15, 0.2) is 6.29 Å². The Morgan fingerprint density at radius 1 is 1.46 bits per heavy atom. The first-order chi connectivity index (χ1) is 6.36. The van der Waals surface area contributed by atoms with Crippen LogP contribution in [0.25, 0.3) is 6.08 Å². The van der Waals surface area contributed by atoms with E-state index >= 15 is 0 Å². The molecule has 3 heteroatoms. The van der Waals surface area contributed by atoms with E-state index in [2.05, 4.69) is 17.5 Å². The third kappa shape index (κ3) is 3.53. The normalized spacial score (nSPS) is 10.8. The van der Waals surface area contributed by atoms with Crippen molar-refractivity contribution in [3.05, 3.63) is 28.0 Å². The minimum Gasteiger partial charge on any atom is -0.319 e. The van der Waals surface area contributed by atoms with Gasteiger partial charge in [-0.05, 0) is 38.2 Å². The summed E-state index contributed by atoms with van der Waals surface area (Å²) in [5.74, 6) is 0. The van der Waals surface area contributed by atoms with Crippen LogP contribution in [0.4, 0.5) is 0 Å². The average Bonchev–Trinajstić information content (AvgIpc) is 2.60. The second-order valence-corrected chi connectivity index (χ2v) is 3.80. The molecule has 0 aromatic carbocycles. The summed E-state index contributed by atoms with van der Waals surface area (Å²) in [5.41, 5.74) is 0. The molecule has 1 aromatic rings. The van der Waals surface area contributed by atoms with Crippen LogP contribution in [0.3, 0.4) is 0 Å². The molecule has 1 heterocycles. The smallest absolute Gasteiger partial charge is 0.160 e. The molecule has 0 saturated carbocycles. The molecule has 0 bridgehead atoms. The van der Waals surface area contributed by atoms with Crippen molar-refractivity contribution >= 4 is 23.7 Å². The largest absolute Gasteiger partial charge is 0.319 e. The summed E-state index contributed by atoms with van der Waals surface area (Å²) in [7, 11) is 1.93. The number of hydrogen-bond acceptors (Lipinski definition) is 3. The van der Waals surface area contributed by atoms with Gasteiger partial charge in [-0.3, -0.25) is 4.79 Å². The molecule has 0 saturated heterocycles. The number of thiophene rings is 1. The Labute approximate surface area is 82.3 Å². The zero-order valence-corrected chi connectivity index (χ0v) is 8.43. The van der Waals surface area contributed by atoms with E-state index in [1.54, 1.807) is 0 Å². The van der Waals surface area contributed by atoms with Crippen LogP contribution < -0.4 is 5.32 Å². The zero-order valence-electron chi connectivity index (χ0n) is 7.62. The fourth-order valence-corrected chi connectivity index (χ4v) is 1.71. The van der Waals surface area contributed by atoms with Gasteiger partial charge in [0.2, 0.25) is 0 Å². The molecule has 70 valence electrons. The Balaban J connectivity index is 2.44. The maximum atomic E-state index is 10.4. The SMILES string of the molecule is CNCCC=Cc1ccc(C=O)s1. The van der Waals surface area contributed by atoms with E-state index in [-0.39, 0.29) is 0 Å². The highest BCUT2D eigenvalue weighted by Crippen LogP contribution is 2.15. The third-order valence-corrected chi connectivity index (χ3v) is 2.58. The van der Waals surface area contributed by atoms with Crippen LogP contribution in [0.15, 0.2) is 18.2 Å². The van der Waals surface area contributed by atoms with Crippen molar-refractivity contribution in [2.75, 3.05) is 13.6 Å². The fraction of sp³-hybridized carbons (Fsp3) is 0.300. The molecule has 0 radical (unpaired) electrons. The van der Waals surface area contributed by atoms with Gasteiger partial charge in [-0.25, -0.2) is 0 Å². The standard InChI is InChI=1S/C10H13NOS/c1-11-7-3-2-4-9-5-6-10(8-12)13-9/h2,4-6,8,11H,3,7H2,1H3. The van der Waals surface area contributed by atoms with Crippen LogP contribution in [-0.4, -0.2) is 19.9 Å². The van der Waals surface area contributed by atoms with Gasteiger partial charge in [0.05, 0.1) is 4.88 Å². The number of carbonyl (C=O) groups excluding carboxylic acids is 1.